The summed E-state index contributed by atoms with van der Waals surface area (Å²) in [5, 5.41) is 14.1. The zero-order valence-electron chi connectivity index (χ0n) is 18.4. The van der Waals surface area contributed by atoms with Crippen molar-refractivity contribution in [1.82, 2.24) is 10.2 Å². The van der Waals surface area contributed by atoms with Crippen molar-refractivity contribution in [2.45, 2.75) is 49.4 Å². The van der Waals surface area contributed by atoms with Crippen LogP contribution in [0.1, 0.15) is 38.2 Å². The Morgan fingerprint density at radius 1 is 1.27 bits per heavy atom. The van der Waals surface area contributed by atoms with Crippen molar-refractivity contribution in [2.24, 2.45) is 0 Å². The number of carboxylic acid groups (broad SMARTS) is 1. The molecule has 2 fully saturated rings. The number of aliphatic carboxylic acids is 1. The fourth-order valence-electron chi connectivity index (χ4n) is 4.70. The van der Waals surface area contributed by atoms with Gasteiger partial charge in [-0.2, -0.15) is 0 Å². The molecule has 170 valence electrons. The summed E-state index contributed by atoms with van der Waals surface area (Å²) in [6.07, 6.45) is 3.19. The molecular weight excluding hydrogens is 523 g/mol. The molecule has 0 unspecified atom stereocenters. The van der Waals surface area contributed by atoms with E-state index in [0.717, 1.165) is 27.8 Å². The number of ether oxygens (including phenoxy) is 1. The number of benzene rings is 1. The molecule has 1 N–H and O–H groups in total. The Morgan fingerprint density at radius 3 is 2.55 bits per heavy atom. The number of hydrogen-bond acceptors (Lipinski definition) is 7. The molecule has 33 heavy (non-hydrogen) atoms. The molecule has 8 nitrogen and oxygen atoms in total. The summed E-state index contributed by atoms with van der Waals surface area (Å²) in [5.74, 6) is -2.51. The number of amides is 2. The van der Waals surface area contributed by atoms with Gasteiger partial charge in [-0.3, -0.25) is 19.3 Å². The molecular formula is C22H22BrN2NaO6S. The van der Waals surface area contributed by atoms with Crippen LogP contribution in [0, 0.1) is 0 Å². The van der Waals surface area contributed by atoms with Gasteiger partial charge >= 0.3 is 35.5 Å². The van der Waals surface area contributed by atoms with E-state index in [2.05, 4.69) is 21.2 Å². The first-order valence-electron chi connectivity index (χ1n) is 10.3. The Balaban J connectivity index is 0.00000306. The number of esters is 1. The maximum Gasteiger partial charge on any atom is 1.00 e. The van der Waals surface area contributed by atoms with E-state index in [-0.39, 0.29) is 53.5 Å². The summed E-state index contributed by atoms with van der Waals surface area (Å²) in [4.78, 5) is 50.4. The van der Waals surface area contributed by atoms with E-state index in [9.17, 15) is 24.3 Å². The monoisotopic (exact) mass is 544 g/mol. The number of fused-ring (bicyclic) bond motifs is 1. The number of carboxylic acids is 1. The van der Waals surface area contributed by atoms with E-state index in [0.29, 0.717) is 18.4 Å². The van der Waals surface area contributed by atoms with Gasteiger partial charge in [-0.1, -0.05) is 47.0 Å². The normalized spacial score (nSPS) is 23.2. The molecule has 2 atom stereocenters. The van der Waals surface area contributed by atoms with Crippen LogP contribution in [-0.4, -0.2) is 52.4 Å². The molecule has 2 aliphatic heterocycles. The van der Waals surface area contributed by atoms with Crippen LogP contribution >= 0.6 is 27.7 Å². The quantitative estimate of drug-likeness (QED) is 0.256. The van der Waals surface area contributed by atoms with E-state index in [1.165, 1.54) is 18.7 Å². The number of nitrogens with zero attached hydrogens (tertiary/aromatic N) is 1. The van der Waals surface area contributed by atoms with Gasteiger partial charge in [0.1, 0.15) is 18.0 Å². The second-order valence-electron chi connectivity index (χ2n) is 8.15. The Kier molecular flexibility index (Phi) is 8.37. The average molecular weight is 545 g/mol. The molecule has 1 saturated carbocycles. The molecule has 0 bridgehead atoms. The summed E-state index contributed by atoms with van der Waals surface area (Å²) in [7, 11) is 0. The maximum absolute atomic E-state index is 13.5. The van der Waals surface area contributed by atoms with Crippen molar-refractivity contribution in [3.8, 4) is 0 Å². The Bertz CT molecular complexity index is 1030. The average Bonchev–Trinajstić information content (AvgIpc) is 3.26. The van der Waals surface area contributed by atoms with Crippen LogP contribution in [0.4, 0.5) is 0 Å². The van der Waals surface area contributed by atoms with Crippen LogP contribution < -0.4 is 40.0 Å². The molecule has 0 aromatic heterocycles. The van der Waals surface area contributed by atoms with Crippen molar-refractivity contribution < 1.29 is 58.6 Å². The number of β-lactam (4-membered cyclic amide) rings is 1. The molecule has 2 heterocycles. The first-order chi connectivity index (χ1) is 15.3. The second kappa shape index (κ2) is 10.5. The molecule has 0 spiro atoms. The number of halogens is 1. The molecule has 4 rings (SSSR count). The van der Waals surface area contributed by atoms with Gasteiger partial charge in [0, 0.05) is 22.7 Å². The zero-order valence-corrected chi connectivity index (χ0v) is 22.8. The predicted molar refractivity (Wildman–Crippen MR) is 118 cm³/mol. The van der Waals surface area contributed by atoms with E-state index in [4.69, 9.17) is 4.74 Å². The smallest absolute Gasteiger partial charge is 0.543 e. The molecule has 1 aliphatic carbocycles. The van der Waals surface area contributed by atoms with Crippen molar-refractivity contribution in [3.63, 3.8) is 0 Å². The standard InChI is InChI=1S/C22H23BrN2O6S.Na/c1-12(26)31-10-13-11-32-19-16(18(27)25(19)17(13)20(28)29)24-21(30)22(8-4-5-9-22)14-6-2-3-7-15(14)23;/h2-3,6-7,16,19H,4-5,8-11H2,1H3,(H,24,30)(H,28,29);/q;+1/p-1/t16-,19-;/m1./s1. The molecule has 3 aliphatic rings. The van der Waals surface area contributed by atoms with Crippen molar-refractivity contribution >= 4 is 51.4 Å². The number of thioether (sulfide) groups is 1. The minimum absolute atomic E-state index is 0. The predicted octanol–water partition coefficient (Wildman–Crippen LogP) is -1.77. The van der Waals surface area contributed by atoms with Gasteiger partial charge in [0.2, 0.25) is 5.91 Å². The Morgan fingerprint density at radius 2 is 1.94 bits per heavy atom. The zero-order chi connectivity index (χ0) is 23.0. The first-order valence-corrected chi connectivity index (χ1v) is 12.2. The third kappa shape index (κ3) is 4.77. The fourth-order valence-corrected chi connectivity index (χ4v) is 6.69. The summed E-state index contributed by atoms with van der Waals surface area (Å²) >= 11 is 4.89. The van der Waals surface area contributed by atoms with Gasteiger partial charge in [-0.05, 0) is 24.5 Å². The van der Waals surface area contributed by atoms with E-state index in [1.807, 2.05) is 24.3 Å². The SMILES string of the molecule is CC(=O)OCC1=C(C(=O)[O-])N2C(=O)[C@@H](NC(=O)C3(c4ccccc4Br)CCCC3)[C@H]2SC1.[Na+]. The minimum Gasteiger partial charge on any atom is -0.543 e. The molecule has 1 saturated heterocycles. The largest absolute Gasteiger partial charge is 1.00 e. The summed E-state index contributed by atoms with van der Waals surface area (Å²) < 4.78 is 5.77. The summed E-state index contributed by atoms with van der Waals surface area (Å²) in [5.41, 5.74) is 0.203. The number of carbonyl (C=O) groups excluding carboxylic acids is 4. The van der Waals surface area contributed by atoms with E-state index in [1.54, 1.807) is 0 Å². The molecule has 2 amide bonds. The van der Waals surface area contributed by atoms with Crippen LogP contribution in [0.25, 0.3) is 0 Å². The van der Waals surface area contributed by atoms with Crippen LogP contribution in [0.2, 0.25) is 0 Å². The van der Waals surface area contributed by atoms with Crippen molar-refractivity contribution in [2.75, 3.05) is 12.4 Å². The molecule has 0 radical (unpaired) electrons. The number of rotatable bonds is 6. The molecule has 11 heteroatoms. The number of carbonyl (C=O) groups is 4. The van der Waals surface area contributed by atoms with Crippen molar-refractivity contribution in [3.05, 3.63) is 45.6 Å². The first kappa shape index (κ1) is 26.3. The Labute approximate surface area is 226 Å². The van der Waals surface area contributed by atoms with Crippen LogP contribution in [0.15, 0.2) is 40.0 Å². The third-order valence-corrected chi connectivity index (χ3v) is 8.29. The number of hydrogen-bond donors (Lipinski definition) is 1. The number of nitrogens with one attached hydrogen (secondary N) is 1. The van der Waals surface area contributed by atoms with E-state index >= 15 is 0 Å². The van der Waals surface area contributed by atoms with Crippen LogP contribution in [-0.2, 0) is 29.3 Å². The second-order valence-corrected chi connectivity index (χ2v) is 10.1. The van der Waals surface area contributed by atoms with Crippen LogP contribution in [0.3, 0.4) is 0 Å². The maximum atomic E-state index is 13.5. The van der Waals surface area contributed by atoms with Gasteiger partial charge < -0.3 is 20.0 Å². The van der Waals surface area contributed by atoms with Gasteiger partial charge in [0.05, 0.1) is 17.1 Å². The molecule has 1 aromatic rings. The van der Waals surface area contributed by atoms with Crippen LogP contribution in [0.5, 0.6) is 0 Å². The van der Waals surface area contributed by atoms with Gasteiger partial charge in [-0.25, -0.2) is 0 Å². The van der Waals surface area contributed by atoms with Gasteiger partial charge in [0.25, 0.3) is 5.91 Å². The molecule has 1 aromatic carbocycles. The van der Waals surface area contributed by atoms with Gasteiger partial charge in [0.15, 0.2) is 0 Å². The van der Waals surface area contributed by atoms with E-state index < -0.39 is 34.7 Å². The fraction of sp³-hybridized carbons (Fsp3) is 0.455. The minimum atomic E-state index is -1.50. The summed E-state index contributed by atoms with van der Waals surface area (Å²) in [6.45, 7) is 1.01. The van der Waals surface area contributed by atoms with Crippen molar-refractivity contribution in [1.29, 1.82) is 0 Å². The topological polar surface area (TPSA) is 116 Å². The summed E-state index contributed by atoms with van der Waals surface area (Å²) in [6, 6.07) is 6.79. The van der Waals surface area contributed by atoms with Gasteiger partial charge in [-0.15, -0.1) is 11.8 Å². The Hall–Kier alpha value is -1.33. The third-order valence-electron chi connectivity index (χ3n) is 6.26.